The van der Waals surface area contributed by atoms with Crippen molar-refractivity contribution >= 4 is 17.2 Å². The van der Waals surface area contributed by atoms with Crippen molar-refractivity contribution in [2.45, 2.75) is 18.9 Å². The standard InChI is InChI=1S/C22H22N6/c1-3-8-17(9-4-1)22-25-24-20-13-14-21(26-28(20)22)27-15-7-12-19(16-27)23-18-10-5-2-6-11-18/h1-6,8-11,13-14,19,23H,7,12,15-16H2. The third kappa shape index (κ3) is 3.29. The summed E-state index contributed by atoms with van der Waals surface area (Å²) in [4.78, 5) is 2.35. The minimum absolute atomic E-state index is 0.406. The first-order valence-electron chi connectivity index (χ1n) is 9.71. The molecule has 0 amide bonds. The zero-order valence-corrected chi connectivity index (χ0v) is 15.6. The van der Waals surface area contributed by atoms with Crippen LogP contribution in [-0.4, -0.2) is 38.9 Å². The predicted molar refractivity (Wildman–Crippen MR) is 112 cm³/mol. The Morgan fingerprint density at radius 2 is 1.64 bits per heavy atom. The van der Waals surface area contributed by atoms with Crippen LogP contribution in [0.4, 0.5) is 11.5 Å². The van der Waals surface area contributed by atoms with Crippen LogP contribution in [0.2, 0.25) is 0 Å². The van der Waals surface area contributed by atoms with Crippen LogP contribution in [0, 0.1) is 0 Å². The van der Waals surface area contributed by atoms with Gasteiger partial charge in [0, 0.05) is 30.4 Å². The lowest BCUT2D eigenvalue weighted by molar-refractivity contribution is 0.524. The molecule has 1 saturated heterocycles. The van der Waals surface area contributed by atoms with Gasteiger partial charge in [-0.25, -0.2) is 0 Å². The molecule has 1 N–H and O–H groups in total. The summed E-state index contributed by atoms with van der Waals surface area (Å²) < 4.78 is 1.85. The lowest BCUT2D eigenvalue weighted by atomic mass is 10.1. The molecular weight excluding hydrogens is 348 g/mol. The van der Waals surface area contributed by atoms with E-state index in [0.29, 0.717) is 6.04 Å². The van der Waals surface area contributed by atoms with Gasteiger partial charge in [0.1, 0.15) is 5.82 Å². The van der Waals surface area contributed by atoms with Crippen LogP contribution in [-0.2, 0) is 0 Å². The quantitative estimate of drug-likeness (QED) is 0.591. The second-order valence-corrected chi connectivity index (χ2v) is 7.15. The summed E-state index contributed by atoms with van der Waals surface area (Å²) in [6.45, 7) is 1.93. The summed E-state index contributed by atoms with van der Waals surface area (Å²) in [6, 6.07) is 24.9. The Morgan fingerprint density at radius 1 is 0.857 bits per heavy atom. The number of aromatic nitrogens is 4. The van der Waals surface area contributed by atoms with Crippen molar-refractivity contribution in [3.63, 3.8) is 0 Å². The van der Waals surface area contributed by atoms with E-state index in [9.17, 15) is 0 Å². The zero-order valence-electron chi connectivity index (χ0n) is 15.6. The number of fused-ring (bicyclic) bond motifs is 1. The Kier molecular flexibility index (Phi) is 4.37. The second kappa shape index (κ2) is 7.31. The van der Waals surface area contributed by atoms with Gasteiger partial charge in [0.2, 0.25) is 0 Å². The Hall–Kier alpha value is -3.41. The maximum absolute atomic E-state index is 4.87. The van der Waals surface area contributed by atoms with Gasteiger partial charge in [-0.2, -0.15) is 4.52 Å². The van der Waals surface area contributed by atoms with Crippen LogP contribution in [0.5, 0.6) is 0 Å². The highest BCUT2D eigenvalue weighted by Crippen LogP contribution is 2.23. The summed E-state index contributed by atoms with van der Waals surface area (Å²) >= 11 is 0. The van der Waals surface area contributed by atoms with Crippen molar-refractivity contribution in [2.75, 3.05) is 23.3 Å². The molecule has 1 aliphatic heterocycles. The molecule has 6 heteroatoms. The Morgan fingerprint density at radius 3 is 2.46 bits per heavy atom. The Labute approximate surface area is 163 Å². The summed E-state index contributed by atoms with van der Waals surface area (Å²) in [5, 5.41) is 17.1. The minimum atomic E-state index is 0.406. The van der Waals surface area contributed by atoms with E-state index in [4.69, 9.17) is 5.10 Å². The first kappa shape index (κ1) is 16.7. The average molecular weight is 370 g/mol. The number of piperidine rings is 1. The van der Waals surface area contributed by atoms with E-state index >= 15 is 0 Å². The van der Waals surface area contributed by atoms with E-state index in [1.165, 1.54) is 5.69 Å². The third-order valence-electron chi connectivity index (χ3n) is 5.17. The van der Waals surface area contributed by atoms with Crippen molar-refractivity contribution in [1.82, 2.24) is 19.8 Å². The number of hydrogen-bond donors (Lipinski definition) is 1. The molecule has 0 spiro atoms. The summed E-state index contributed by atoms with van der Waals surface area (Å²) in [5.74, 6) is 1.73. The van der Waals surface area contributed by atoms with E-state index in [2.05, 4.69) is 44.7 Å². The number of hydrogen-bond acceptors (Lipinski definition) is 5. The highest BCUT2D eigenvalue weighted by atomic mass is 15.4. The van der Waals surface area contributed by atoms with Crippen LogP contribution >= 0.6 is 0 Å². The fourth-order valence-corrected chi connectivity index (χ4v) is 3.79. The Balaban J connectivity index is 1.41. The van der Waals surface area contributed by atoms with E-state index in [0.717, 1.165) is 48.8 Å². The van der Waals surface area contributed by atoms with E-state index < -0.39 is 0 Å². The SMILES string of the molecule is c1ccc(NC2CCCN(c3ccc4nnc(-c5ccccc5)n4n3)C2)cc1. The zero-order chi connectivity index (χ0) is 18.8. The van der Waals surface area contributed by atoms with Gasteiger partial charge in [-0.1, -0.05) is 48.5 Å². The van der Waals surface area contributed by atoms with E-state index in [1.807, 2.05) is 53.0 Å². The number of rotatable bonds is 4. The minimum Gasteiger partial charge on any atom is -0.381 e. The fourth-order valence-electron chi connectivity index (χ4n) is 3.79. The van der Waals surface area contributed by atoms with Crippen molar-refractivity contribution in [3.8, 4) is 11.4 Å². The first-order valence-corrected chi connectivity index (χ1v) is 9.71. The lowest BCUT2D eigenvalue weighted by Crippen LogP contribution is -2.42. The lowest BCUT2D eigenvalue weighted by Gasteiger charge is -2.34. The summed E-state index contributed by atoms with van der Waals surface area (Å²) in [7, 11) is 0. The monoisotopic (exact) mass is 370 g/mol. The van der Waals surface area contributed by atoms with Crippen LogP contribution in [0.15, 0.2) is 72.8 Å². The molecule has 0 bridgehead atoms. The summed E-state index contributed by atoms with van der Waals surface area (Å²) in [6.07, 6.45) is 2.30. The molecule has 1 fully saturated rings. The third-order valence-corrected chi connectivity index (χ3v) is 5.17. The van der Waals surface area contributed by atoms with Gasteiger partial charge in [-0.3, -0.25) is 0 Å². The number of para-hydroxylation sites is 1. The van der Waals surface area contributed by atoms with Gasteiger partial charge in [0.05, 0.1) is 0 Å². The van der Waals surface area contributed by atoms with Crippen LogP contribution in [0.25, 0.3) is 17.0 Å². The largest absolute Gasteiger partial charge is 0.381 e. The molecule has 6 nitrogen and oxygen atoms in total. The number of anilines is 2. The highest BCUT2D eigenvalue weighted by molar-refractivity contribution is 5.59. The van der Waals surface area contributed by atoms with Crippen LogP contribution in [0.1, 0.15) is 12.8 Å². The normalized spacial score (nSPS) is 17.0. The summed E-state index contributed by atoms with van der Waals surface area (Å²) in [5.41, 5.74) is 2.95. The van der Waals surface area contributed by atoms with Crippen molar-refractivity contribution < 1.29 is 0 Å². The molecule has 1 atom stereocenters. The number of nitrogens with zero attached hydrogens (tertiary/aromatic N) is 5. The van der Waals surface area contributed by atoms with Crippen LogP contribution in [0.3, 0.4) is 0 Å². The maximum Gasteiger partial charge on any atom is 0.185 e. The molecule has 28 heavy (non-hydrogen) atoms. The first-order chi connectivity index (χ1) is 13.9. The van der Waals surface area contributed by atoms with Gasteiger partial charge in [0.25, 0.3) is 0 Å². The second-order valence-electron chi connectivity index (χ2n) is 7.15. The Bertz CT molecular complexity index is 1060. The molecule has 3 heterocycles. The molecule has 2 aromatic carbocycles. The average Bonchev–Trinajstić information content (AvgIpc) is 3.19. The van der Waals surface area contributed by atoms with Crippen molar-refractivity contribution in [1.29, 1.82) is 0 Å². The number of nitrogens with one attached hydrogen (secondary N) is 1. The predicted octanol–water partition coefficient (Wildman–Crippen LogP) is 3.87. The van der Waals surface area contributed by atoms with Gasteiger partial charge in [-0.05, 0) is 37.1 Å². The van der Waals surface area contributed by atoms with E-state index in [1.54, 1.807) is 0 Å². The van der Waals surface area contributed by atoms with Gasteiger partial charge in [-0.15, -0.1) is 15.3 Å². The maximum atomic E-state index is 4.87. The fraction of sp³-hybridized carbons (Fsp3) is 0.227. The van der Waals surface area contributed by atoms with Gasteiger partial charge < -0.3 is 10.2 Å². The molecule has 5 rings (SSSR count). The van der Waals surface area contributed by atoms with Crippen molar-refractivity contribution in [2.24, 2.45) is 0 Å². The molecule has 0 saturated carbocycles. The molecule has 2 aromatic heterocycles. The molecule has 140 valence electrons. The van der Waals surface area contributed by atoms with E-state index in [-0.39, 0.29) is 0 Å². The number of benzene rings is 2. The van der Waals surface area contributed by atoms with Crippen LogP contribution < -0.4 is 10.2 Å². The smallest absolute Gasteiger partial charge is 0.185 e. The molecule has 0 aliphatic carbocycles. The topological polar surface area (TPSA) is 58.3 Å². The van der Waals surface area contributed by atoms with Gasteiger partial charge in [0.15, 0.2) is 11.5 Å². The molecule has 0 radical (unpaired) electrons. The molecule has 4 aromatic rings. The molecular formula is C22H22N6. The van der Waals surface area contributed by atoms with Crippen molar-refractivity contribution in [3.05, 3.63) is 72.8 Å². The molecule has 1 unspecified atom stereocenters. The highest BCUT2D eigenvalue weighted by Gasteiger charge is 2.22. The molecule has 1 aliphatic rings. The van der Waals surface area contributed by atoms with Gasteiger partial charge >= 0.3 is 0 Å².